The van der Waals surface area contributed by atoms with Crippen molar-refractivity contribution in [2.75, 3.05) is 6.61 Å². The Labute approximate surface area is 133 Å². The molecule has 0 saturated heterocycles. The van der Waals surface area contributed by atoms with Gasteiger partial charge in [-0.2, -0.15) is 0 Å². The molecule has 0 aromatic heterocycles. The summed E-state index contributed by atoms with van der Waals surface area (Å²) in [6.07, 6.45) is 2.14. The van der Waals surface area contributed by atoms with Gasteiger partial charge in [0, 0.05) is 13.0 Å². The SMILES string of the molecule is CC(C)(CC(O)c1ccccc1)OCCCc1ccccc1. The second-order valence-corrected chi connectivity index (χ2v) is 6.33. The Morgan fingerprint density at radius 2 is 1.55 bits per heavy atom. The third-order valence-electron chi connectivity index (χ3n) is 3.81. The van der Waals surface area contributed by atoms with E-state index in [2.05, 4.69) is 24.3 Å². The molecule has 2 aromatic rings. The number of aliphatic hydroxyl groups is 1. The quantitative estimate of drug-likeness (QED) is 0.725. The molecule has 0 bridgehead atoms. The van der Waals surface area contributed by atoms with Crippen molar-refractivity contribution in [3.63, 3.8) is 0 Å². The Bertz CT molecular complexity index is 534. The fourth-order valence-electron chi connectivity index (χ4n) is 2.59. The van der Waals surface area contributed by atoms with Gasteiger partial charge in [-0.15, -0.1) is 0 Å². The van der Waals surface area contributed by atoms with Gasteiger partial charge in [0.2, 0.25) is 0 Å². The van der Waals surface area contributed by atoms with Crippen molar-refractivity contribution in [1.82, 2.24) is 0 Å². The summed E-state index contributed by atoms with van der Waals surface area (Å²) in [6, 6.07) is 20.2. The summed E-state index contributed by atoms with van der Waals surface area (Å²) in [7, 11) is 0. The van der Waals surface area contributed by atoms with E-state index in [4.69, 9.17) is 4.74 Å². The monoisotopic (exact) mass is 298 g/mol. The van der Waals surface area contributed by atoms with Crippen LogP contribution in [-0.2, 0) is 11.2 Å². The molecule has 0 radical (unpaired) electrons. The molecule has 0 spiro atoms. The van der Waals surface area contributed by atoms with Crippen molar-refractivity contribution in [1.29, 1.82) is 0 Å². The first kappa shape index (κ1) is 16.7. The summed E-state index contributed by atoms with van der Waals surface area (Å²) in [4.78, 5) is 0. The van der Waals surface area contributed by atoms with Crippen molar-refractivity contribution >= 4 is 0 Å². The van der Waals surface area contributed by atoms with E-state index in [1.54, 1.807) is 0 Å². The van der Waals surface area contributed by atoms with E-state index >= 15 is 0 Å². The Hall–Kier alpha value is -1.64. The third-order valence-corrected chi connectivity index (χ3v) is 3.81. The first-order valence-electron chi connectivity index (χ1n) is 7.98. The highest BCUT2D eigenvalue weighted by Gasteiger charge is 2.23. The zero-order valence-electron chi connectivity index (χ0n) is 13.5. The van der Waals surface area contributed by atoms with Crippen molar-refractivity contribution in [3.05, 3.63) is 71.8 Å². The molecule has 2 aromatic carbocycles. The van der Waals surface area contributed by atoms with Gasteiger partial charge in [-0.05, 0) is 37.8 Å². The lowest BCUT2D eigenvalue weighted by molar-refractivity contribution is -0.0505. The van der Waals surface area contributed by atoms with Crippen molar-refractivity contribution in [3.8, 4) is 0 Å². The fraction of sp³-hybridized carbons (Fsp3) is 0.400. The maximum atomic E-state index is 10.3. The lowest BCUT2D eigenvalue weighted by Crippen LogP contribution is -2.27. The van der Waals surface area contributed by atoms with Crippen LogP contribution in [-0.4, -0.2) is 17.3 Å². The zero-order chi connectivity index (χ0) is 15.8. The van der Waals surface area contributed by atoms with Crippen LogP contribution in [0, 0.1) is 0 Å². The van der Waals surface area contributed by atoms with Crippen molar-refractivity contribution in [2.24, 2.45) is 0 Å². The number of hydrogen-bond donors (Lipinski definition) is 1. The summed E-state index contributed by atoms with van der Waals surface area (Å²) >= 11 is 0. The fourth-order valence-corrected chi connectivity index (χ4v) is 2.59. The molecule has 2 heteroatoms. The number of rotatable bonds is 8. The molecule has 0 saturated carbocycles. The standard InChI is InChI=1S/C20H26O2/c1-20(2,16-19(21)18-13-7-4-8-14-18)22-15-9-12-17-10-5-3-6-11-17/h3-8,10-11,13-14,19,21H,9,12,15-16H2,1-2H3. The average Bonchev–Trinajstić information content (AvgIpc) is 2.53. The lowest BCUT2D eigenvalue weighted by atomic mass is 9.96. The minimum atomic E-state index is -0.481. The van der Waals surface area contributed by atoms with Crippen LogP contribution < -0.4 is 0 Å². The van der Waals surface area contributed by atoms with Gasteiger partial charge in [0.25, 0.3) is 0 Å². The Kier molecular flexibility index (Phi) is 6.17. The van der Waals surface area contributed by atoms with Gasteiger partial charge in [0.15, 0.2) is 0 Å². The molecule has 2 rings (SSSR count). The summed E-state index contributed by atoms with van der Waals surface area (Å²) < 4.78 is 5.98. The van der Waals surface area contributed by atoms with E-state index in [1.807, 2.05) is 50.2 Å². The van der Waals surface area contributed by atoms with Crippen LogP contribution in [0.25, 0.3) is 0 Å². The van der Waals surface area contributed by atoms with Crippen LogP contribution in [0.4, 0.5) is 0 Å². The summed E-state index contributed by atoms with van der Waals surface area (Å²) in [5, 5.41) is 10.3. The van der Waals surface area contributed by atoms with E-state index in [0.29, 0.717) is 13.0 Å². The number of aliphatic hydroxyl groups excluding tert-OH is 1. The highest BCUT2D eigenvalue weighted by atomic mass is 16.5. The van der Waals surface area contributed by atoms with Crippen LogP contribution in [0.15, 0.2) is 60.7 Å². The van der Waals surface area contributed by atoms with Gasteiger partial charge in [0.1, 0.15) is 0 Å². The van der Waals surface area contributed by atoms with Gasteiger partial charge < -0.3 is 9.84 Å². The Balaban J connectivity index is 1.74. The van der Waals surface area contributed by atoms with E-state index in [-0.39, 0.29) is 5.60 Å². The Morgan fingerprint density at radius 3 is 2.18 bits per heavy atom. The molecule has 0 heterocycles. The summed E-state index contributed by atoms with van der Waals surface area (Å²) in [6.45, 7) is 4.80. The number of benzene rings is 2. The third kappa shape index (κ3) is 5.63. The van der Waals surface area contributed by atoms with Crippen LogP contribution in [0.2, 0.25) is 0 Å². The molecule has 0 aliphatic heterocycles. The number of aryl methyl sites for hydroxylation is 1. The summed E-state index contributed by atoms with van der Waals surface area (Å²) in [5.41, 5.74) is 1.96. The van der Waals surface area contributed by atoms with E-state index in [0.717, 1.165) is 18.4 Å². The molecule has 1 atom stereocenters. The molecular weight excluding hydrogens is 272 g/mol. The van der Waals surface area contributed by atoms with Crippen LogP contribution in [0.3, 0.4) is 0 Å². The second-order valence-electron chi connectivity index (χ2n) is 6.33. The smallest absolute Gasteiger partial charge is 0.0817 e. The molecule has 0 amide bonds. The zero-order valence-corrected chi connectivity index (χ0v) is 13.5. The minimum Gasteiger partial charge on any atom is -0.388 e. The summed E-state index contributed by atoms with van der Waals surface area (Å²) in [5.74, 6) is 0. The molecule has 1 unspecified atom stereocenters. The van der Waals surface area contributed by atoms with Gasteiger partial charge in [0.05, 0.1) is 11.7 Å². The molecule has 22 heavy (non-hydrogen) atoms. The Morgan fingerprint density at radius 1 is 0.955 bits per heavy atom. The maximum Gasteiger partial charge on any atom is 0.0817 e. The molecule has 2 nitrogen and oxygen atoms in total. The van der Waals surface area contributed by atoms with Gasteiger partial charge in [-0.1, -0.05) is 60.7 Å². The highest BCUT2D eigenvalue weighted by molar-refractivity contribution is 5.17. The molecule has 0 aliphatic rings. The van der Waals surface area contributed by atoms with E-state index in [9.17, 15) is 5.11 Å². The van der Waals surface area contributed by atoms with E-state index < -0.39 is 6.10 Å². The first-order chi connectivity index (χ1) is 10.6. The lowest BCUT2D eigenvalue weighted by Gasteiger charge is -2.28. The van der Waals surface area contributed by atoms with Crippen molar-refractivity contribution < 1.29 is 9.84 Å². The predicted octanol–water partition coefficient (Wildman–Crippen LogP) is 4.54. The highest BCUT2D eigenvalue weighted by Crippen LogP contribution is 2.26. The molecule has 118 valence electrons. The topological polar surface area (TPSA) is 29.5 Å². The molecule has 1 N–H and O–H groups in total. The molecule has 0 fully saturated rings. The normalized spacial score (nSPS) is 13.0. The van der Waals surface area contributed by atoms with Crippen molar-refractivity contribution in [2.45, 2.75) is 44.8 Å². The second kappa shape index (κ2) is 8.11. The molecule has 0 aliphatic carbocycles. The molecular formula is C20H26O2. The number of hydrogen-bond acceptors (Lipinski definition) is 2. The average molecular weight is 298 g/mol. The van der Waals surface area contributed by atoms with Gasteiger partial charge in [-0.3, -0.25) is 0 Å². The van der Waals surface area contributed by atoms with Gasteiger partial charge >= 0.3 is 0 Å². The number of ether oxygens (including phenoxy) is 1. The predicted molar refractivity (Wildman–Crippen MR) is 90.8 cm³/mol. The van der Waals surface area contributed by atoms with Crippen LogP contribution in [0.1, 0.15) is 43.9 Å². The van der Waals surface area contributed by atoms with Crippen LogP contribution in [0.5, 0.6) is 0 Å². The largest absolute Gasteiger partial charge is 0.388 e. The first-order valence-corrected chi connectivity index (χ1v) is 7.98. The maximum absolute atomic E-state index is 10.3. The van der Waals surface area contributed by atoms with E-state index in [1.165, 1.54) is 5.56 Å². The van der Waals surface area contributed by atoms with Gasteiger partial charge in [-0.25, -0.2) is 0 Å². The van der Waals surface area contributed by atoms with Crippen LogP contribution >= 0.6 is 0 Å². The minimum absolute atomic E-state index is 0.327.